The second-order valence-corrected chi connectivity index (χ2v) is 10.0. The molecule has 0 spiro atoms. The molecular weight excluding hydrogens is 434 g/mol. The minimum atomic E-state index is -3.44. The SMILES string of the molecule is Cc1nn(C)c2ncc(NC(=O)C(CCS(C)(=O)=O)N3C(=O)c4ccccc4C3=O)cc12. The van der Waals surface area contributed by atoms with Crippen molar-refractivity contribution in [1.82, 2.24) is 19.7 Å². The first-order chi connectivity index (χ1) is 15.1. The minimum absolute atomic E-state index is 0.184. The summed E-state index contributed by atoms with van der Waals surface area (Å²) in [5.41, 5.74) is 2.07. The largest absolute Gasteiger partial charge is 0.323 e. The zero-order chi connectivity index (χ0) is 23.2. The van der Waals surface area contributed by atoms with E-state index in [0.717, 1.165) is 22.2 Å². The van der Waals surface area contributed by atoms with Gasteiger partial charge in [-0.05, 0) is 31.5 Å². The fourth-order valence-corrected chi connectivity index (χ4v) is 4.45. The molecule has 1 atom stereocenters. The molecule has 3 aromatic rings. The Morgan fingerprint density at radius 3 is 2.38 bits per heavy atom. The number of aryl methyl sites for hydroxylation is 2. The number of carbonyl (C=O) groups excluding carboxylic acids is 3. The van der Waals surface area contributed by atoms with Crippen molar-refractivity contribution >= 4 is 44.3 Å². The van der Waals surface area contributed by atoms with Gasteiger partial charge in [0.05, 0.1) is 34.5 Å². The Labute approximate surface area is 184 Å². The summed E-state index contributed by atoms with van der Waals surface area (Å²) in [6.45, 7) is 1.81. The summed E-state index contributed by atoms with van der Waals surface area (Å²) in [5, 5.41) is 7.69. The molecule has 0 bridgehead atoms. The number of hydrogen-bond acceptors (Lipinski definition) is 7. The van der Waals surface area contributed by atoms with Gasteiger partial charge in [-0.15, -0.1) is 0 Å². The highest BCUT2D eigenvalue weighted by atomic mass is 32.2. The van der Waals surface area contributed by atoms with Crippen molar-refractivity contribution in [2.75, 3.05) is 17.3 Å². The van der Waals surface area contributed by atoms with Crippen LogP contribution in [0, 0.1) is 6.92 Å². The summed E-state index contributed by atoms with van der Waals surface area (Å²) in [6, 6.07) is 6.64. The number of amides is 3. The number of nitrogens with zero attached hydrogens (tertiary/aromatic N) is 4. The zero-order valence-electron chi connectivity index (χ0n) is 17.7. The van der Waals surface area contributed by atoms with Gasteiger partial charge in [0.2, 0.25) is 5.91 Å². The molecule has 0 aliphatic carbocycles. The maximum Gasteiger partial charge on any atom is 0.262 e. The summed E-state index contributed by atoms with van der Waals surface area (Å²) < 4.78 is 25.1. The fraction of sp³-hybridized carbons (Fsp3) is 0.286. The molecule has 0 radical (unpaired) electrons. The van der Waals surface area contributed by atoms with Crippen LogP contribution in [0.5, 0.6) is 0 Å². The number of rotatable bonds is 6. The van der Waals surface area contributed by atoms with Gasteiger partial charge in [0.25, 0.3) is 11.8 Å². The number of carbonyl (C=O) groups is 3. The molecule has 3 amide bonds. The molecule has 1 aliphatic heterocycles. The Morgan fingerprint density at radius 1 is 1.16 bits per heavy atom. The molecule has 32 heavy (non-hydrogen) atoms. The predicted molar refractivity (Wildman–Crippen MR) is 117 cm³/mol. The van der Waals surface area contributed by atoms with E-state index in [2.05, 4.69) is 15.4 Å². The second kappa shape index (κ2) is 7.83. The summed E-state index contributed by atoms with van der Waals surface area (Å²) >= 11 is 0. The molecule has 1 N–H and O–H groups in total. The van der Waals surface area contributed by atoms with Crippen LogP contribution in [0.25, 0.3) is 11.0 Å². The van der Waals surface area contributed by atoms with Crippen LogP contribution >= 0.6 is 0 Å². The van der Waals surface area contributed by atoms with Crippen molar-refractivity contribution < 1.29 is 22.8 Å². The van der Waals surface area contributed by atoms with E-state index in [0.29, 0.717) is 11.3 Å². The Bertz CT molecular complexity index is 1340. The van der Waals surface area contributed by atoms with Crippen molar-refractivity contribution in [2.24, 2.45) is 7.05 Å². The zero-order valence-corrected chi connectivity index (χ0v) is 18.5. The van der Waals surface area contributed by atoms with E-state index in [9.17, 15) is 22.8 Å². The molecular formula is C21H21N5O5S. The molecule has 1 unspecified atom stereocenters. The Hall–Kier alpha value is -3.60. The molecule has 10 nitrogen and oxygen atoms in total. The van der Waals surface area contributed by atoms with E-state index < -0.39 is 33.6 Å². The summed E-state index contributed by atoms with van der Waals surface area (Å²) in [6.07, 6.45) is 2.25. The van der Waals surface area contributed by atoms with Gasteiger partial charge in [0.15, 0.2) is 5.65 Å². The average molecular weight is 455 g/mol. The van der Waals surface area contributed by atoms with Gasteiger partial charge >= 0.3 is 0 Å². The molecule has 3 heterocycles. The van der Waals surface area contributed by atoms with E-state index in [1.807, 2.05) is 6.92 Å². The first-order valence-corrected chi connectivity index (χ1v) is 11.9. The predicted octanol–water partition coefficient (Wildman–Crippen LogP) is 1.31. The number of pyridine rings is 1. The highest BCUT2D eigenvalue weighted by Gasteiger charge is 2.42. The molecule has 0 saturated carbocycles. The lowest BCUT2D eigenvalue weighted by Gasteiger charge is -2.25. The highest BCUT2D eigenvalue weighted by molar-refractivity contribution is 7.90. The average Bonchev–Trinajstić information content (AvgIpc) is 3.15. The lowest BCUT2D eigenvalue weighted by molar-refractivity contribution is -0.120. The maximum atomic E-state index is 13.2. The molecule has 1 aromatic carbocycles. The summed E-state index contributed by atoms with van der Waals surface area (Å²) in [4.78, 5) is 44.1. The second-order valence-electron chi connectivity index (χ2n) is 7.75. The molecule has 0 saturated heterocycles. The van der Waals surface area contributed by atoms with E-state index in [-0.39, 0.29) is 23.3 Å². The number of sulfone groups is 1. The van der Waals surface area contributed by atoms with Crippen molar-refractivity contribution in [3.05, 3.63) is 53.3 Å². The van der Waals surface area contributed by atoms with Crippen molar-refractivity contribution in [1.29, 1.82) is 0 Å². The minimum Gasteiger partial charge on any atom is -0.323 e. The molecule has 1 aliphatic rings. The quantitative estimate of drug-likeness (QED) is 0.555. The summed E-state index contributed by atoms with van der Waals surface area (Å²) in [7, 11) is -1.69. The lowest BCUT2D eigenvalue weighted by atomic mass is 10.1. The van der Waals surface area contributed by atoms with Crippen molar-refractivity contribution in [3.63, 3.8) is 0 Å². The van der Waals surface area contributed by atoms with Crippen LogP contribution < -0.4 is 5.32 Å². The van der Waals surface area contributed by atoms with E-state index in [1.54, 1.807) is 29.9 Å². The lowest BCUT2D eigenvalue weighted by Crippen LogP contribution is -2.48. The maximum absolute atomic E-state index is 13.2. The Balaban J connectivity index is 1.66. The smallest absolute Gasteiger partial charge is 0.262 e. The number of nitrogens with one attached hydrogen (secondary N) is 1. The topological polar surface area (TPSA) is 131 Å². The van der Waals surface area contributed by atoms with Gasteiger partial charge in [-0.25, -0.2) is 13.4 Å². The van der Waals surface area contributed by atoms with Gasteiger partial charge in [0, 0.05) is 18.7 Å². The fourth-order valence-electron chi connectivity index (χ4n) is 3.80. The Morgan fingerprint density at radius 2 is 1.78 bits per heavy atom. The van der Waals surface area contributed by atoms with Crippen LogP contribution in [0.3, 0.4) is 0 Å². The molecule has 4 rings (SSSR count). The van der Waals surface area contributed by atoms with Gasteiger partial charge < -0.3 is 5.32 Å². The third-order valence-electron chi connectivity index (χ3n) is 5.33. The number of benzene rings is 1. The van der Waals surface area contributed by atoms with E-state index in [1.165, 1.54) is 18.3 Å². The van der Waals surface area contributed by atoms with Crippen molar-refractivity contribution in [3.8, 4) is 0 Å². The third-order valence-corrected chi connectivity index (χ3v) is 6.31. The molecule has 2 aromatic heterocycles. The van der Waals surface area contributed by atoms with E-state index in [4.69, 9.17) is 0 Å². The summed E-state index contributed by atoms with van der Waals surface area (Å²) in [5.74, 6) is -2.30. The van der Waals surface area contributed by atoms with Crippen LogP contribution in [0.4, 0.5) is 5.69 Å². The van der Waals surface area contributed by atoms with E-state index >= 15 is 0 Å². The molecule has 0 fully saturated rings. The third kappa shape index (κ3) is 3.86. The number of imide groups is 1. The van der Waals surface area contributed by atoms with Crippen LogP contribution in [0.1, 0.15) is 32.8 Å². The number of anilines is 1. The van der Waals surface area contributed by atoms with Crippen LogP contribution in [-0.4, -0.2) is 63.9 Å². The normalized spacial score (nSPS) is 14.7. The number of fused-ring (bicyclic) bond motifs is 2. The van der Waals surface area contributed by atoms with Gasteiger partial charge in [-0.2, -0.15) is 5.10 Å². The van der Waals surface area contributed by atoms with Gasteiger partial charge in [-0.1, -0.05) is 12.1 Å². The van der Waals surface area contributed by atoms with Crippen molar-refractivity contribution in [2.45, 2.75) is 19.4 Å². The number of hydrogen-bond donors (Lipinski definition) is 1. The first-order valence-electron chi connectivity index (χ1n) is 9.81. The molecule has 166 valence electrons. The molecule has 11 heteroatoms. The first kappa shape index (κ1) is 21.6. The Kier molecular flexibility index (Phi) is 5.29. The van der Waals surface area contributed by atoms with Gasteiger partial charge in [0.1, 0.15) is 15.9 Å². The van der Waals surface area contributed by atoms with Crippen LogP contribution in [0.15, 0.2) is 36.5 Å². The van der Waals surface area contributed by atoms with Crippen LogP contribution in [0.2, 0.25) is 0 Å². The van der Waals surface area contributed by atoms with Crippen LogP contribution in [-0.2, 0) is 21.7 Å². The monoisotopic (exact) mass is 455 g/mol. The highest BCUT2D eigenvalue weighted by Crippen LogP contribution is 2.27. The van der Waals surface area contributed by atoms with Gasteiger partial charge in [-0.3, -0.25) is 24.0 Å². The number of aromatic nitrogens is 3. The standard InChI is InChI=1S/C21H21N5O5S/c1-12-16-10-13(11-22-18(16)25(2)24-12)23-19(27)17(8-9-32(3,30)31)26-20(28)14-6-4-5-7-15(14)21(26)29/h4-7,10-11,17H,8-9H2,1-3H3,(H,23,27).